The number of hydrogen-bond acceptors (Lipinski definition) is 0. The molecule has 0 aliphatic carbocycles. The number of halogens is 1. The Labute approximate surface area is 75.4 Å². The molecule has 10 heavy (non-hydrogen) atoms. The van der Waals surface area contributed by atoms with E-state index in [9.17, 15) is 0 Å². The summed E-state index contributed by atoms with van der Waals surface area (Å²) in [6.07, 6.45) is 0. The van der Waals surface area contributed by atoms with E-state index in [0.717, 1.165) is 0 Å². The minimum absolute atomic E-state index is 0.441. The molecular formula is C8H7BrW. The van der Waals surface area contributed by atoms with Gasteiger partial charge in [0.25, 0.3) is 0 Å². The van der Waals surface area contributed by atoms with Crippen LogP contribution in [0.25, 0.3) is 0 Å². The molecule has 0 unspecified atom stereocenters. The standard InChI is InChI=1S/C8H7.BrH.W/c1-7-3-5-8(2)6-4-7;;/h3-6H,1H3;1H;/q;;+1/p-1. The van der Waals surface area contributed by atoms with Crippen LogP contribution in [0.4, 0.5) is 0 Å². The number of hydrogen-bond donors (Lipinski definition) is 0. The zero-order valence-electron chi connectivity index (χ0n) is 5.60. The van der Waals surface area contributed by atoms with Gasteiger partial charge in [-0.1, -0.05) is 0 Å². The van der Waals surface area contributed by atoms with Crippen molar-refractivity contribution in [1.82, 2.24) is 0 Å². The van der Waals surface area contributed by atoms with E-state index < -0.39 is 15.8 Å². The fourth-order valence-electron chi connectivity index (χ4n) is 0.666. The SMILES string of the molecule is Cc1ccc([C]#[W][Br])cc1. The molecular weight excluding hydrogens is 360 g/mol. The van der Waals surface area contributed by atoms with Gasteiger partial charge in [0.2, 0.25) is 0 Å². The first-order valence-corrected chi connectivity index (χ1v) is 10.8. The number of aryl methyl sites for hydroxylation is 1. The minimum atomic E-state index is -0.441. The van der Waals surface area contributed by atoms with E-state index in [1.807, 2.05) is 0 Å². The van der Waals surface area contributed by atoms with Gasteiger partial charge in [-0.05, 0) is 0 Å². The van der Waals surface area contributed by atoms with Gasteiger partial charge in [0.1, 0.15) is 0 Å². The van der Waals surface area contributed by atoms with Crippen LogP contribution in [0.5, 0.6) is 0 Å². The van der Waals surface area contributed by atoms with Crippen molar-refractivity contribution in [3.05, 3.63) is 35.4 Å². The summed E-state index contributed by atoms with van der Waals surface area (Å²) in [6.45, 7) is 2.09. The molecule has 2 heteroatoms. The maximum atomic E-state index is 3.46. The molecule has 0 aromatic heterocycles. The molecule has 1 aromatic carbocycles. The molecule has 1 aromatic rings. The molecule has 0 saturated carbocycles. The van der Waals surface area contributed by atoms with Crippen LogP contribution in [0.3, 0.4) is 0 Å². The van der Waals surface area contributed by atoms with E-state index in [0.29, 0.717) is 0 Å². The van der Waals surface area contributed by atoms with Gasteiger partial charge < -0.3 is 0 Å². The summed E-state index contributed by atoms with van der Waals surface area (Å²) in [6, 6.07) is 8.45. The van der Waals surface area contributed by atoms with Crippen LogP contribution < -0.4 is 0 Å². The molecule has 0 aliphatic rings. The van der Waals surface area contributed by atoms with Gasteiger partial charge in [-0.3, -0.25) is 0 Å². The van der Waals surface area contributed by atoms with Gasteiger partial charge in [0, 0.05) is 0 Å². The van der Waals surface area contributed by atoms with Gasteiger partial charge in [0.15, 0.2) is 0 Å². The van der Waals surface area contributed by atoms with Crippen molar-refractivity contribution in [1.29, 1.82) is 0 Å². The van der Waals surface area contributed by atoms with Crippen LogP contribution in [0.15, 0.2) is 24.3 Å². The van der Waals surface area contributed by atoms with Crippen molar-refractivity contribution >= 4 is 13.3 Å². The Morgan fingerprint density at radius 2 is 1.90 bits per heavy atom. The zero-order valence-corrected chi connectivity index (χ0v) is 10.1. The third-order valence-corrected chi connectivity index (χ3v) is 3.66. The van der Waals surface area contributed by atoms with Gasteiger partial charge in [0.05, 0.1) is 0 Å². The first-order valence-electron chi connectivity index (χ1n) is 2.93. The van der Waals surface area contributed by atoms with Gasteiger partial charge in [-0.2, -0.15) is 0 Å². The second kappa shape index (κ2) is 4.13. The van der Waals surface area contributed by atoms with E-state index in [2.05, 4.69) is 48.7 Å². The molecule has 1 rings (SSSR count). The fraction of sp³-hybridized carbons (Fsp3) is 0.125. The van der Waals surface area contributed by atoms with Crippen molar-refractivity contribution < 1.29 is 15.8 Å². The summed E-state index contributed by atoms with van der Waals surface area (Å²) in [5, 5.41) is 0. The quantitative estimate of drug-likeness (QED) is 0.662. The van der Waals surface area contributed by atoms with Gasteiger partial charge >= 0.3 is 75.7 Å². The summed E-state index contributed by atoms with van der Waals surface area (Å²) in [7, 11) is 0. The molecule has 0 N–H and O–H groups in total. The third kappa shape index (κ3) is 2.42. The van der Waals surface area contributed by atoms with Crippen LogP contribution in [0.2, 0.25) is 0 Å². The molecule has 0 atom stereocenters. The summed E-state index contributed by atoms with van der Waals surface area (Å²) in [5.41, 5.74) is 2.54. The second-order valence-electron chi connectivity index (χ2n) is 2.05. The van der Waals surface area contributed by atoms with Crippen molar-refractivity contribution in [2.75, 3.05) is 0 Å². The molecule has 0 radical (unpaired) electrons. The Hall–Kier alpha value is 0.168. The molecule has 0 aliphatic heterocycles. The molecule has 0 bridgehead atoms. The molecule has 0 amide bonds. The van der Waals surface area contributed by atoms with Crippen molar-refractivity contribution in [3.63, 3.8) is 0 Å². The van der Waals surface area contributed by atoms with Crippen LogP contribution in [0, 0.1) is 11.1 Å². The van der Waals surface area contributed by atoms with E-state index in [-0.39, 0.29) is 0 Å². The summed E-state index contributed by atoms with van der Waals surface area (Å²) >= 11 is 3.02. The van der Waals surface area contributed by atoms with Crippen molar-refractivity contribution in [3.8, 4) is 4.20 Å². The predicted octanol–water partition coefficient (Wildman–Crippen LogP) is 2.69. The first-order chi connectivity index (χ1) is 4.83. The molecule has 0 saturated heterocycles. The summed E-state index contributed by atoms with van der Waals surface area (Å²) < 4.78 is 3.32. The maximum absolute atomic E-state index is 3.46. The van der Waals surface area contributed by atoms with Crippen LogP contribution in [0.1, 0.15) is 11.1 Å². The monoisotopic (exact) mass is 366 g/mol. The summed E-state index contributed by atoms with van der Waals surface area (Å²) in [5.74, 6) is 0. The normalized spacial score (nSPS) is 8.60. The molecule has 0 spiro atoms. The number of rotatable bonds is 0. The Bertz CT molecular complexity index is 266. The van der Waals surface area contributed by atoms with Crippen LogP contribution in [-0.4, -0.2) is 0 Å². The predicted molar refractivity (Wildman–Crippen MR) is 43.1 cm³/mol. The van der Waals surface area contributed by atoms with E-state index in [1.54, 1.807) is 0 Å². The average Bonchev–Trinajstić information content (AvgIpc) is 1.95. The van der Waals surface area contributed by atoms with Crippen LogP contribution in [-0.2, 0) is 15.8 Å². The second-order valence-corrected chi connectivity index (χ2v) is 5.98. The van der Waals surface area contributed by atoms with Crippen LogP contribution >= 0.6 is 13.3 Å². The Kier molecular flexibility index (Phi) is 3.42. The molecule has 0 nitrogen and oxygen atoms in total. The molecule has 0 fully saturated rings. The Morgan fingerprint density at radius 3 is 2.40 bits per heavy atom. The van der Waals surface area contributed by atoms with Gasteiger partial charge in [-0.25, -0.2) is 0 Å². The fourth-order valence-corrected chi connectivity index (χ4v) is 3.01. The van der Waals surface area contributed by atoms with Crippen molar-refractivity contribution in [2.24, 2.45) is 0 Å². The third-order valence-electron chi connectivity index (χ3n) is 1.21. The zero-order chi connectivity index (χ0) is 7.40. The Balaban J connectivity index is 2.97. The van der Waals surface area contributed by atoms with Gasteiger partial charge in [-0.15, -0.1) is 0 Å². The first kappa shape index (κ1) is 8.27. The van der Waals surface area contributed by atoms with E-state index in [4.69, 9.17) is 0 Å². The molecule has 0 heterocycles. The van der Waals surface area contributed by atoms with Crippen molar-refractivity contribution in [2.45, 2.75) is 6.92 Å². The Morgan fingerprint density at radius 1 is 1.30 bits per heavy atom. The molecule has 52 valence electrons. The van der Waals surface area contributed by atoms with E-state index in [1.165, 1.54) is 11.1 Å². The van der Waals surface area contributed by atoms with E-state index >= 15 is 0 Å². The topological polar surface area (TPSA) is 0 Å². The number of benzene rings is 1. The average molecular weight is 367 g/mol. The summed E-state index contributed by atoms with van der Waals surface area (Å²) in [4.78, 5) is 0.